The lowest BCUT2D eigenvalue weighted by Crippen LogP contribution is -2.04. The van der Waals surface area contributed by atoms with E-state index in [-0.39, 0.29) is 11.6 Å². The third-order valence-electron chi connectivity index (χ3n) is 2.51. The smallest absolute Gasteiger partial charge is 0.361 e. The Morgan fingerprint density at radius 2 is 2.12 bits per heavy atom. The molecule has 88 valence electrons. The van der Waals surface area contributed by atoms with E-state index in [1.807, 2.05) is 31.2 Å². The molecule has 1 heterocycles. The van der Waals surface area contributed by atoms with Crippen LogP contribution in [0.2, 0.25) is 0 Å². The minimum atomic E-state index is -0.566. The largest absolute Gasteiger partial charge is 0.464 e. The van der Waals surface area contributed by atoms with Gasteiger partial charge in [0, 0.05) is 0 Å². The zero-order valence-electron chi connectivity index (χ0n) is 9.56. The molecule has 0 spiro atoms. The van der Waals surface area contributed by atoms with Gasteiger partial charge in [-0.1, -0.05) is 29.4 Å². The van der Waals surface area contributed by atoms with Gasteiger partial charge in [0.1, 0.15) is 0 Å². The molecular formula is C12H12N2O3. The molecule has 2 N–H and O–H groups in total. The highest BCUT2D eigenvalue weighted by Gasteiger charge is 2.23. The molecule has 5 nitrogen and oxygen atoms in total. The van der Waals surface area contributed by atoms with Crippen molar-refractivity contribution in [2.45, 2.75) is 6.92 Å². The molecule has 0 saturated heterocycles. The third-order valence-corrected chi connectivity index (χ3v) is 2.51. The molecular weight excluding hydrogens is 220 g/mol. The van der Waals surface area contributed by atoms with Crippen molar-refractivity contribution in [2.75, 3.05) is 12.8 Å². The second-order valence-corrected chi connectivity index (χ2v) is 3.58. The van der Waals surface area contributed by atoms with Crippen LogP contribution in [0.15, 0.2) is 28.8 Å². The molecule has 0 aliphatic heterocycles. The molecule has 0 unspecified atom stereocenters. The Labute approximate surface area is 98.2 Å². The normalized spacial score (nSPS) is 10.2. The standard InChI is InChI=1S/C12H12N2O3/c1-7-5-3-4-6-8(7)9-10(12(15)16-2)14-17-11(9)13/h3-6H,13H2,1-2H3. The Morgan fingerprint density at radius 1 is 1.41 bits per heavy atom. The van der Waals surface area contributed by atoms with Crippen LogP contribution in [0, 0.1) is 6.92 Å². The number of nitrogens with zero attached hydrogens (tertiary/aromatic N) is 1. The molecule has 0 aliphatic rings. The van der Waals surface area contributed by atoms with Crippen molar-refractivity contribution >= 4 is 11.9 Å². The highest BCUT2D eigenvalue weighted by atomic mass is 16.5. The van der Waals surface area contributed by atoms with Crippen molar-refractivity contribution in [3.05, 3.63) is 35.5 Å². The van der Waals surface area contributed by atoms with Gasteiger partial charge < -0.3 is 15.0 Å². The number of esters is 1. The molecule has 0 amide bonds. The van der Waals surface area contributed by atoms with Gasteiger partial charge in [0.25, 0.3) is 0 Å². The number of aromatic nitrogens is 1. The van der Waals surface area contributed by atoms with E-state index in [2.05, 4.69) is 9.89 Å². The lowest BCUT2D eigenvalue weighted by Gasteiger charge is -2.04. The van der Waals surface area contributed by atoms with Crippen LogP contribution < -0.4 is 5.73 Å². The summed E-state index contributed by atoms with van der Waals surface area (Å²) in [5, 5.41) is 3.63. The molecule has 17 heavy (non-hydrogen) atoms. The molecule has 5 heteroatoms. The van der Waals surface area contributed by atoms with Crippen molar-refractivity contribution in [2.24, 2.45) is 0 Å². The summed E-state index contributed by atoms with van der Waals surface area (Å²) >= 11 is 0. The average molecular weight is 232 g/mol. The molecule has 1 aromatic heterocycles. The summed E-state index contributed by atoms with van der Waals surface area (Å²) in [6.07, 6.45) is 0. The maximum atomic E-state index is 11.5. The number of ether oxygens (including phenoxy) is 1. The summed E-state index contributed by atoms with van der Waals surface area (Å²) in [4.78, 5) is 11.5. The Morgan fingerprint density at radius 3 is 2.76 bits per heavy atom. The Kier molecular flexibility index (Phi) is 2.82. The first-order chi connectivity index (χ1) is 8.15. The number of methoxy groups -OCH3 is 1. The molecule has 0 bridgehead atoms. The number of anilines is 1. The zero-order chi connectivity index (χ0) is 12.4. The van der Waals surface area contributed by atoms with Gasteiger partial charge in [-0.15, -0.1) is 0 Å². The highest BCUT2D eigenvalue weighted by Crippen LogP contribution is 2.32. The maximum absolute atomic E-state index is 11.5. The number of aryl methyl sites for hydroxylation is 1. The Balaban J connectivity index is 2.63. The second kappa shape index (κ2) is 4.29. The summed E-state index contributed by atoms with van der Waals surface area (Å²) < 4.78 is 9.49. The van der Waals surface area contributed by atoms with E-state index in [0.717, 1.165) is 11.1 Å². The van der Waals surface area contributed by atoms with Crippen LogP contribution in [-0.2, 0) is 4.74 Å². The fourth-order valence-electron chi connectivity index (χ4n) is 1.65. The Bertz CT molecular complexity index is 561. The van der Waals surface area contributed by atoms with Crippen LogP contribution >= 0.6 is 0 Å². The molecule has 0 atom stereocenters. The summed E-state index contributed by atoms with van der Waals surface area (Å²) in [7, 11) is 1.29. The van der Waals surface area contributed by atoms with E-state index >= 15 is 0 Å². The molecule has 2 aromatic rings. The number of nitrogen functional groups attached to an aromatic ring is 1. The van der Waals surface area contributed by atoms with Crippen molar-refractivity contribution in [3.63, 3.8) is 0 Å². The van der Waals surface area contributed by atoms with Gasteiger partial charge in [0.05, 0.1) is 12.7 Å². The van der Waals surface area contributed by atoms with E-state index in [1.165, 1.54) is 7.11 Å². The molecule has 0 fully saturated rings. The van der Waals surface area contributed by atoms with Crippen molar-refractivity contribution < 1.29 is 14.1 Å². The van der Waals surface area contributed by atoms with Crippen molar-refractivity contribution in [3.8, 4) is 11.1 Å². The summed E-state index contributed by atoms with van der Waals surface area (Å²) in [6, 6.07) is 7.53. The van der Waals surface area contributed by atoms with E-state index in [0.29, 0.717) is 5.56 Å². The zero-order valence-corrected chi connectivity index (χ0v) is 9.56. The molecule has 0 aliphatic carbocycles. The van der Waals surface area contributed by atoms with Gasteiger partial charge in [-0.3, -0.25) is 0 Å². The summed E-state index contributed by atoms with van der Waals surface area (Å²) in [5.41, 5.74) is 8.07. The molecule has 2 rings (SSSR count). The van der Waals surface area contributed by atoms with Crippen LogP contribution in [0.3, 0.4) is 0 Å². The van der Waals surface area contributed by atoms with Crippen LogP contribution in [0.25, 0.3) is 11.1 Å². The van der Waals surface area contributed by atoms with E-state index in [4.69, 9.17) is 10.3 Å². The fourth-order valence-corrected chi connectivity index (χ4v) is 1.65. The number of carbonyl (C=O) groups is 1. The third kappa shape index (κ3) is 1.87. The maximum Gasteiger partial charge on any atom is 0.361 e. The van der Waals surface area contributed by atoms with Crippen molar-refractivity contribution in [1.29, 1.82) is 0 Å². The van der Waals surface area contributed by atoms with E-state index < -0.39 is 5.97 Å². The van der Waals surface area contributed by atoms with Gasteiger partial charge in [0.15, 0.2) is 0 Å². The van der Waals surface area contributed by atoms with E-state index in [9.17, 15) is 4.79 Å². The first-order valence-corrected chi connectivity index (χ1v) is 5.04. The first kappa shape index (κ1) is 11.2. The number of nitrogens with two attached hydrogens (primary N) is 1. The number of hydrogen-bond donors (Lipinski definition) is 1. The second-order valence-electron chi connectivity index (χ2n) is 3.58. The Hall–Kier alpha value is -2.30. The average Bonchev–Trinajstić information content (AvgIpc) is 2.71. The molecule has 1 aromatic carbocycles. The number of hydrogen-bond acceptors (Lipinski definition) is 5. The monoisotopic (exact) mass is 232 g/mol. The van der Waals surface area contributed by atoms with Gasteiger partial charge in [-0.25, -0.2) is 4.79 Å². The van der Waals surface area contributed by atoms with Crippen LogP contribution in [-0.4, -0.2) is 18.2 Å². The number of benzene rings is 1. The lowest BCUT2D eigenvalue weighted by atomic mass is 10.0. The van der Waals surface area contributed by atoms with Gasteiger partial charge in [-0.05, 0) is 18.1 Å². The minimum absolute atomic E-state index is 0.0966. The number of rotatable bonds is 2. The van der Waals surface area contributed by atoms with Crippen LogP contribution in [0.4, 0.5) is 5.88 Å². The predicted molar refractivity (Wildman–Crippen MR) is 62.4 cm³/mol. The number of carbonyl (C=O) groups excluding carboxylic acids is 1. The van der Waals surface area contributed by atoms with Gasteiger partial charge >= 0.3 is 5.97 Å². The predicted octanol–water partition coefficient (Wildman–Crippen LogP) is 2.02. The van der Waals surface area contributed by atoms with Gasteiger partial charge in [0.2, 0.25) is 11.6 Å². The fraction of sp³-hybridized carbons (Fsp3) is 0.167. The van der Waals surface area contributed by atoms with Gasteiger partial charge in [-0.2, -0.15) is 0 Å². The summed E-state index contributed by atoms with van der Waals surface area (Å²) in [6.45, 7) is 1.92. The van der Waals surface area contributed by atoms with Crippen LogP contribution in [0.1, 0.15) is 16.1 Å². The van der Waals surface area contributed by atoms with E-state index in [1.54, 1.807) is 0 Å². The molecule has 0 saturated carbocycles. The summed E-state index contributed by atoms with van der Waals surface area (Å²) in [5.74, 6) is -0.455. The minimum Gasteiger partial charge on any atom is -0.464 e. The molecule has 0 radical (unpaired) electrons. The highest BCUT2D eigenvalue weighted by molar-refractivity contribution is 5.98. The quantitative estimate of drug-likeness (QED) is 0.801. The topological polar surface area (TPSA) is 78.3 Å². The lowest BCUT2D eigenvalue weighted by molar-refractivity contribution is 0.0590. The first-order valence-electron chi connectivity index (χ1n) is 5.04. The van der Waals surface area contributed by atoms with Crippen LogP contribution in [0.5, 0.6) is 0 Å². The van der Waals surface area contributed by atoms with Crippen molar-refractivity contribution in [1.82, 2.24) is 5.16 Å². The SMILES string of the molecule is COC(=O)c1noc(N)c1-c1ccccc1C.